The van der Waals surface area contributed by atoms with Crippen molar-refractivity contribution in [3.63, 3.8) is 0 Å². The minimum absolute atomic E-state index is 0.00247. The lowest BCUT2D eigenvalue weighted by molar-refractivity contribution is -0.139. The quantitative estimate of drug-likeness (QED) is 0.742. The maximum absolute atomic E-state index is 11.4. The number of anilines is 1. The van der Waals surface area contributed by atoms with Gasteiger partial charge in [0.2, 0.25) is 0 Å². The molecule has 0 radical (unpaired) electrons. The van der Waals surface area contributed by atoms with E-state index in [1.165, 1.54) is 16.8 Å². The van der Waals surface area contributed by atoms with E-state index in [2.05, 4.69) is 15.3 Å². The number of hydrogen-bond donors (Lipinski definition) is 3. The Morgan fingerprint density at radius 2 is 2.04 bits per heavy atom. The largest absolute Gasteiger partial charge is 0.481 e. The Bertz CT molecular complexity index is 759. The smallest absolute Gasteiger partial charge is 0.326 e. The number of aliphatic carboxylic acids is 2. The van der Waals surface area contributed by atoms with Crippen LogP contribution in [-0.2, 0) is 22.4 Å². The van der Waals surface area contributed by atoms with Crippen molar-refractivity contribution >= 4 is 39.3 Å². The highest BCUT2D eigenvalue weighted by molar-refractivity contribution is 7.19. The van der Waals surface area contributed by atoms with Gasteiger partial charge in [-0.25, -0.2) is 14.8 Å². The summed E-state index contributed by atoms with van der Waals surface area (Å²) in [6, 6.07) is -0.983. The summed E-state index contributed by atoms with van der Waals surface area (Å²) >= 11 is 1.63. The number of fused-ring (bicyclic) bond motifs is 3. The average molecular weight is 335 g/mol. The summed E-state index contributed by atoms with van der Waals surface area (Å²) in [7, 11) is 0. The lowest BCUT2D eigenvalue weighted by Crippen LogP contribution is -2.30. The predicted octanol–water partition coefficient (Wildman–Crippen LogP) is 2.30. The Kier molecular flexibility index (Phi) is 4.42. The van der Waals surface area contributed by atoms with Crippen LogP contribution in [0.15, 0.2) is 6.33 Å². The van der Waals surface area contributed by atoms with Crippen LogP contribution in [0.4, 0.5) is 5.82 Å². The molecule has 7 nitrogen and oxygen atoms in total. The van der Waals surface area contributed by atoms with Crippen molar-refractivity contribution in [1.29, 1.82) is 0 Å². The number of carboxylic acids is 2. The van der Waals surface area contributed by atoms with Crippen LogP contribution in [0, 0.1) is 0 Å². The predicted molar refractivity (Wildman–Crippen MR) is 86.0 cm³/mol. The maximum Gasteiger partial charge on any atom is 0.326 e. The molecule has 0 aliphatic heterocycles. The van der Waals surface area contributed by atoms with Gasteiger partial charge in [0.25, 0.3) is 0 Å². The normalized spacial score (nSPS) is 15.1. The van der Waals surface area contributed by atoms with E-state index in [4.69, 9.17) is 5.11 Å². The number of rotatable bonds is 6. The summed E-state index contributed by atoms with van der Waals surface area (Å²) in [6.07, 6.45) is 5.45. The molecule has 0 amide bonds. The van der Waals surface area contributed by atoms with E-state index in [1.807, 2.05) is 0 Å². The Hall–Kier alpha value is -2.22. The van der Waals surface area contributed by atoms with Crippen LogP contribution in [0.1, 0.15) is 36.1 Å². The van der Waals surface area contributed by atoms with Crippen molar-refractivity contribution in [2.24, 2.45) is 0 Å². The van der Waals surface area contributed by atoms with Crippen LogP contribution in [-0.4, -0.2) is 38.2 Å². The number of carbonyl (C=O) groups is 2. The Morgan fingerprint density at radius 3 is 2.78 bits per heavy atom. The molecule has 1 aliphatic carbocycles. The van der Waals surface area contributed by atoms with Crippen LogP contribution in [0.5, 0.6) is 0 Å². The van der Waals surface area contributed by atoms with Gasteiger partial charge in [0.15, 0.2) is 0 Å². The van der Waals surface area contributed by atoms with Crippen molar-refractivity contribution in [3.05, 3.63) is 16.8 Å². The molecule has 0 bridgehead atoms. The molecule has 0 saturated carbocycles. The molecule has 2 aromatic heterocycles. The van der Waals surface area contributed by atoms with E-state index in [1.54, 1.807) is 11.3 Å². The van der Waals surface area contributed by atoms with Crippen LogP contribution < -0.4 is 5.32 Å². The average Bonchev–Trinajstić information content (AvgIpc) is 2.90. The third-order valence-electron chi connectivity index (χ3n) is 4.01. The molecule has 23 heavy (non-hydrogen) atoms. The Morgan fingerprint density at radius 1 is 1.26 bits per heavy atom. The molecule has 0 aromatic carbocycles. The summed E-state index contributed by atoms with van der Waals surface area (Å²) in [5.41, 5.74) is 1.21. The molecule has 3 rings (SSSR count). The number of aryl methyl sites for hydroxylation is 2. The zero-order valence-electron chi connectivity index (χ0n) is 12.4. The van der Waals surface area contributed by atoms with Crippen LogP contribution >= 0.6 is 11.3 Å². The third kappa shape index (κ3) is 3.26. The van der Waals surface area contributed by atoms with Gasteiger partial charge in [0.1, 0.15) is 23.0 Å². The van der Waals surface area contributed by atoms with Gasteiger partial charge >= 0.3 is 11.9 Å². The fourth-order valence-electron chi connectivity index (χ4n) is 2.89. The Labute approximate surface area is 136 Å². The monoisotopic (exact) mass is 335 g/mol. The van der Waals surface area contributed by atoms with Gasteiger partial charge in [-0.1, -0.05) is 0 Å². The topological polar surface area (TPSA) is 112 Å². The van der Waals surface area contributed by atoms with Crippen molar-refractivity contribution in [2.45, 2.75) is 44.6 Å². The number of hydrogen-bond acceptors (Lipinski definition) is 6. The molecule has 1 aliphatic rings. The molecular formula is C15H17N3O4S. The van der Waals surface area contributed by atoms with Gasteiger partial charge in [0, 0.05) is 11.3 Å². The molecular weight excluding hydrogens is 318 g/mol. The fourth-order valence-corrected chi connectivity index (χ4v) is 4.12. The maximum atomic E-state index is 11.4. The molecule has 8 heteroatoms. The van der Waals surface area contributed by atoms with E-state index in [0.29, 0.717) is 5.82 Å². The van der Waals surface area contributed by atoms with E-state index in [-0.39, 0.29) is 12.8 Å². The van der Waals surface area contributed by atoms with Gasteiger partial charge in [0.05, 0.1) is 5.39 Å². The highest BCUT2D eigenvalue weighted by Crippen LogP contribution is 2.38. The molecule has 0 saturated heterocycles. The number of aromatic nitrogens is 2. The standard InChI is InChI=1S/C15H17N3O4S/c19-11(20)6-5-9(15(21)22)18-13-12-8-3-1-2-4-10(8)23-14(12)17-7-16-13/h7,9H,1-6H2,(H,19,20)(H,21,22)(H,16,17,18)/t9-/m0/s1. The minimum atomic E-state index is -1.08. The summed E-state index contributed by atoms with van der Waals surface area (Å²) in [4.78, 5) is 32.7. The molecule has 0 spiro atoms. The van der Waals surface area contributed by atoms with Crippen LogP contribution in [0.25, 0.3) is 10.2 Å². The molecule has 0 fully saturated rings. The lowest BCUT2D eigenvalue weighted by atomic mass is 9.97. The molecule has 1 atom stereocenters. The second kappa shape index (κ2) is 6.49. The van der Waals surface area contributed by atoms with Crippen LogP contribution in [0.3, 0.4) is 0 Å². The number of nitrogens with one attached hydrogen (secondary N) is 1. The second-order valence-electron chi connectivity index (χ2n) is 5.58. The lowest BCUT2D eigenvalue weighted by Gasteiger charge is -2.16. The highest BCUT2D eigenvalue weighted by atomic mass is 32.1. The third-order valence-corrected chi connectivity index (χ3v) is 5.21. The summed E-state index contributed by atoms with van der Waals surface area (Å²) in [5, 5.41) is 21.9. The first kappa shape index (κ1) is 15.7. The van der Waals surface area contributed by atoms with Gasteiger partial charge in [-0.3, -0.25) is 4.79 Å². The zero-order valence-corrected chi connectivity index (χ0v) is 13.2. The van der Waals surface area contributed by atoms with Crippen molar-refractivity contribution in [3.8, 4) is 0 Å². The number of thiophene rings is 1. The first-order valence-electron chi connectivity index (χ1n) is 7.52. The van der Waals surface area contributed by atoms with Crippen molar-refractivity contribution in [1.82, 2.24) is 9.97 Å². The van der Waals surface area contributed by atoms with Crippen molar-refractivity contribution in [2.75, 3.05) is 5.32 Å². The molecule has 0 unspecified atom stereocenters. The van der Waals surface area contributed by atoms with Gasteiger partial charge in [-0.2, -0.15) is 0 Å². The summed E-state index contributed by atoms with van der Waals surface area (Å²) < 4.78 is 0. The SMILES string of the molecule is O=C(O)CC[C@H](Nc1ncnc2sc3c(c12)CCCC3)C(=O)O. The van der Waals surface area contributed by atoms with E-state index in [0.717, 1.165) is 35.9 Å². The molecule has 2 heterocycles. The minimum Gasteiger partial charge on any atom is -0.481 e. The zero-order chi connectivity index (χ0) is 16.4. The number of nitrogens with zero attached hydrogens (tertiary/aromatic N) is 2. The summed E-state index contributed by atoms with van der Waals surface area (Å²) in [5.74, 6) is -1.60. The van der Waals surface area contributed by atoms with Crippen LogP contribution in [0.2, 0.25) is 0 Å². The Balaban J connectivity index is 1.93. The van der Waals surface area contributed by atoms with E-state index >= 15 is 0 Å². The van der Waals surface area contributed by atoms with E-state index < -0.39 is 18.0 Å². The van der Waals surface area contributed by atoms with E-state index in [9.17, 15) is 14.7 Å². The highest BCUT2D eigenvalue weighted by Gasteiger charge is 2.24. The molecule has 122 valence electrons. The van der Waals surface area contributed by atoms with Gasteiger partial charge < -0.3 is 15.5 Å². The first-order chi connectivity index (χ1) is 11.1. The number of carboxylic acid groups (broad SMARTS) is 2. The second-order valence-corrected chi connectivity index (χ2v) is 6.66. The van der Waals surface area contributed by atoms with Gasteiger partial charge in [-0.05, 0) is 37.7 Å². The molecule has 3 N–H and O–H groups in total. The first-order valence-corrected chi connectivity index (χ1v) is 8.34. The molecule has 2 aromatic rings. The van der Waals surface area contributed by atoms with Crippen molar-refractivity contribution < 1.29 is 19.8 Å². The van der Waals surface area contributed by atoms with Gasteiger partial charge in [-0.15, -0.1) is 11.3 Å². The summed E-state index contributed by atoms with van der Waals surface area (Å²) in [6.45, 7) is 0. The fraction of sp³-hybridized carbons (Fsp3) is 0.467.